The van der Waals surface area contributed by atoms with Crippen molar-refractivity contribution < 1.29 is 9.90 Å². The Labute approximate surface area is 179 Å². The number of pyridine rings is 1. The lowest BCUT2D eigenvalue weighted by Gasteiger charge is -2.51. The van der Waals surface area contributed by atoms with Gasteiger partial charge in [-0.2, -0.15) is 0 Å². The summed E-state index contributed by atoms with van der Waals surface area (Å²) >= 11 is 0. The van der Waals surface area contributed by atoms with Crippen molar-refractivity contribution >= 4 is 17.7 Å². The van der Waals surface area contributed by atoms with Crippen LogP contribution in [0.5, 0.6) is 0 Å². The number of nitrogens with zero attached hydrogens (tertiary/aromatic N) is 1. The summed E-state index contributed by atoms with van der Waals surface area (Å²) in [6.07, 6.45) is 11.7. The molecule has 3 atom stereocenters. The van der Waals surface area contributed by atoms with Crippen LogP contribution in [0.1, 0.15) is 79.6 Å². The largest absolute Gasteiger partial charge is 0.390 e. The first-order valence-electron chi connectivity index (χ1n) is 11.2. The zero-order valence-electron chi connectivity index (χ0n) is 18.2. The summed E-state index contributed by atoms with van der Waals surface area (Å²) in [6, 6.07) is 9.79. The number of nitrogens with one attached hydrogen (secondary N) is 1. The smallest absolute Gasteiger partial charge is 0.255 e. The molecule has 1 fully saturated rings. The summed E-state index contributed by atoms with van der Waals surface area (Å²) in [5, 5.41) is 14.0. The molecule has 1 aromatic carbocycles. The van der Waals surface area contributed by atoms with Gasteiger partial charge in [-0.05, 0) is 80.3 Å². The molecule has 0 radical (unpaired) electrons. The maximum absolute atomic E-state index is 12.8. The van der Waals surface area contributed by atoms with Gasteiger partial charge in [0.1, 0.15) is 0 Å². The van der Waals surface area contributed by atoms with Gasteiger partial charge in [-0.15, -0.1) is 0 Å². The maximum atomic E-state index is 12.8. The maximum Gasteiger partial charge on any atom is 0.255 e. The quantitative estimate of drug-likeness (QED) is 0.677. The fourth-order valence-corrected chi connectivity index (χ4v) is 5.58. The SMILES string of the molecule is CCC[C@@]1(O)CCC2(CC)c3ccc(C(=O)Nc4cccnc4C)cc3C=C[C@H]2C1. The molecule has 1 unspecified atom stereocenters. The third kappa shape index (κ3) is 3.58. The van der Waals surface area contributed by atoms with Crippen LogP contribution in [0.15, 0.2) is 42.6 Å². The lowest BCUT2D eigenvalue weighted by Crippen LogP contribution is -2.48. The van der Waals surface area contributed by atoms with Crippen molar-refractivity contribution in [2.75, 3.05) is 5.32 Å². The van der Waals surface area contributed by atoms with Crippen molar-refractivity contribution in [2.45, 2.75) is 70.3 Å². The summed E-state index contributed by atoms with van der Waals surface area (Å²) in [5.74, 6) is 0.231. The van der Waals surface area contributed by atoms with Gasteiger partial charge < -0.3 is 10.4 Å². The Balaban J connectivity index is 1.62. The highest BCUT2D eigenvalue weighted by molar-refractivity contribution is 6.05. The van der Waals surface area contributed by atoms with Crippen molar-refractivity contribution in [1.29, 1.82) is 0 Å². The zero-order chi connectivity index (χ0) is 21.4. The van der Waals surface area contributed by atoms with Gasteiger partial charge in [-0.1, -0.05) is 38.5 Å². The molecule has 1 aromatic heterocycles. The minimum atomic E-state index is -0.540. The van der Waals surface area contributed by atoms with E-state index in [2.05, 4.69) is 42.4 Å². The van der Waals surface area contributed by atoms with Gasteiger partial charge in [0.2, 0.25) is 0 Å². The lowest BCUT2D eigenvalue weighted by atomic mass is 9.55. The number of amides is 1. The molecule has 30 heavy (non-hydrogen) atoms. The first-order chi connectivity index (χ1) is 14.4. The number of hydrogen-bond donors (Lipinski definition) is 2. The second-order valence-electron chi connectivity index (χ2n) is 9.05. The van der Waals surface area contributed by atoms with E-state index in [0.717, 1.165) is 55.5 Å². The summed E-state index contributed by atoms with van der Waals surface area (Å²) < 4.78 is 0. The number of hydrogen-bond acceptors (Lipinski definition) is 3. The van der Waals surface area contributed by atoms with Crippen LogP contribution >= 0.6 is 0 Å². The molecule has 0 bridgehead atoms. The molecular weight excluding hydrogens is 372 g/mol. The summed E-state index contributed by atoms with van der Waals surface area (Å²) in [5.41, 5.74) is 4.17. The number of rotatable bonds is 5. The number of allylic oxidation sites excluding steroid dienone is 1. The van der Waals surface area contributed by atoms with Gasteiger partial charge in [0, 0.05) is 17.2 Å². The molecule has 4 heteroatoms. The van der Waals surface area contributed by atoms with Gasteiger partial charge in [0.25, 0.3) is 5.91 Å². The molecule has 2 N–H and O–H groups in total. The number of fused-ring (bicyclic) bond motifs is 3. The number of anilines is 1. The van der Waals surface area contributed by atoms with Gasteiger partial charge >= 0.3 is 0 Å². The third-order valence-corrected chi connectivity index (χ3v) is 7.31. The van der Waals surface area contributed by atoms with Crippen LogP contribution in [-0.2, 0) is 5.41 Å². The van der Waals surface area contributed by atoms with Crippen LogP contribution in [-0.4, -0.2) is 21.6 Å². The highest BCUT2D eigenvalue weighted by Crippen LogP contribution is 2.54. The topological polar surface area (TPSA) is 62.2 Å². The van der Waals surface area contributed by atoms with E-state index in [1.165, 1.54) is 5.56 Å². The molecule has 2 aliphatic carbocycles. The van der Waals surface area contributed by atoms with Gasteiger partial charge in [0.15, 0.2) is 0 Å². The zero-order valence-corrected chi connectivity index (χ0v) is 18.2. The average Bonchev–Trinajstić information content (AvgIpc) is 2.74. The molecule has 0 spiro atoms. The first kappa shape index (κ1) is 20.8. The second kappa shape index (κ2) is 7.99. The average molecular weight is 405 g/mol. The predicted molar refractivity (Wildman–Crippen MR) is 122 cm³/mol. The van der Waals surface area contributed by atoms with Crippen LogP contribution in [0.3, 0.4) is 0 Å². The molecule has 4 nitrogen and oxygen atoms in total. The summed E-state index contributed by atoms with van der Waals surface area (Å²) in [4.78, 5) is 17.1. The number of carbonyl (C=O) groups is 1. The predicted octanol–water partition coefficient (Wildman–Crippen LogP) is 5.65. The molecule has 2 aliphatic rings. The van der Waals surface area contributed by atoms with Gasteiger partial charge in [-0.25, -0.2) is 0 Å². The van der Waals surface area contributed by atoms with E-state index < -0.39 is 5.60 Å². The lowest BCUT2D eigenvalue weighted by molar-refractivity contribution is -0.0426. The van der Waals surface area contributed by atoms with Crippen molar-refractivity contribution in [3.8, 4) is 0 Å². The van der Waals surface area contributed by atoms with Crippen LogP contribution in [0, 0.1) is 12.8 Å². The van der Waals surface area contributed by atoms with Crippen molar-refractivity contribution in [3.63, 3.8) is 0 Å². The molecule has 0 aliphatic heterocycles. The van der Waals surface area contributed by atoms with Crippen LogP contribution in [0.4, 0.5) is 5.69 Å². The van der Waals surface area contributed by atoms with Crippen molar-refractivity contribution in [1.82, 2.24) is 4.98 Å². The molecule has 0 saturated heterocycles. The highest BCUT2D eigenvalue weighted by atomic mass is 16.3. The number of carbonyl (C=O) groups excluding carboxylic acids is 1. The normalized spacial score (nSPS) is 27.3. The van der Waals surface area contributed by atoms with E-state index in [-0.39, 0.29) is 11.3 Å². The fourth-order valence-electron chi connectivity index (χ4n) is 5.58. The standard InChI is InChI=1S/C26H32N2O2/c1-4-12-25(30)13-14-26(5-2)21(17-25)10-8-19-16-20(9-11-22(19)26)24(29)28-23-7-6-15-27-18(23)3/h6-11,15-16,21,30H,4-5,12-14,17H2,1-3H3,(H,28,29)/t21-,25+,26?/m0/s1. The molecule has 1 amide bonds. The Morgan fingerprint density at radius 1 is 1.27 bits per heavy atom. The van der Waals surface area contributed by atoms with Crippen LogP contribution in [0.25, 0.3) is 6.08 Å². The molecule has 1 saturated carbocycles. The van der Waals surface area contributed by atoms with E-state index in [9.17, 15) is 9.90 Å². The van der Waals surface area contributed by atoms with Crippen LogP contribution in [0.2, 0.25) is 0 Å². The number of aliphatic hydroxyl groups is 1. The molecule has 4 rings (SSSR count). The number of benzene rings is 1. The first-order valence-corrected chi connectivity index (χ1v) is 11.2. The minimum Gasteiger partial charge on any atom is -0.390 e. The molecule has 1 heterocycles. The summed E-state index contributed by atoms with van der Waals surface area (Å²) in [6.45, 7) is 6.29. The number of aromatic nitrogens is 1. The van der Waals surface area contributed by atoms with E-state index in [0.29, 0.717) is 11.5 Å². The van der Waals surface area contributed by atoms with E-state index in [4.69, 9.17) is 0 Å². The fraction of sp³-hybridized carbons (Fsp3) is 0.462. The van der Waals surface area contributed by atoms with Gasteiger partial charge in [-0.3, -0.25) is 9.78 Å². The van der Waals surface area contributed by atoms with E-state index in [1.807, 2.05) is 31.2 Å². The Bertz CT molecular complexity index is 983. The summed E-state index contributed by atoms with van der Waals surface area (Å²) in [7, 11) is 0. The van der Waals surface area contributed by atoms with Crippen molar-refractivity contribution in [3.05, 3.63) is 65.0 Å². The Hall–Kier alpha value is -2.46. The minimum absolute atomic E-state index is 0.0546. The number of aryl methyl sites for hydroxylation is 1. The Morgan fingerprint density at radius 3 is 2.83 bits per heavy atom. The third-order valence-electron chi connectivity index (χ3n) is 7.31. The van der Waals surface area contributed by atoms with Crippen LogP contribution < -0.4 is 5.32 Å². The van der Waals surface area contributed by atoms with Gasteiger partial charge in [0.05, 0.1) is 17.0 Å². The Morgan fingerprint density at radius 2 is 2.10 bits per heavy atom. The molecule has 158 valence electrons. The van der Waals surface area contributed by atoms with E-state index >= 15 is 0 Å². The highest BCUT2D eigenvalue weighted by Gasteiger charge is 2.49. The molecular formula is C26H32N2O2. The Kier molecular flexibility index (Phi) is 5.54. The molecule has 2 aromatic rings. The second-order valence-corrected chi connectivity index (χ2v) is 9.05. The monoisotopic (exact) mass is 404 g/mol. The van der Waals surface area contributed by atoms with Crippen molar-refractivity contribution in [2.24, 2.45) is 5.92 Å². The van der Waals surface area contributed by atoms with E-state index in [1.54, 1.807) is 6.20 Å².